The molecule has 0 aromatic heterocycles. The van der Waals surface area contributed by atoms with Gasteiger partial charge in [-0.15, -0.1) is 0 Å². The molecule has 1 rings (SSSR count). The van der Waals surface area contributed by atoms with Gasteiger partial charge < -0.3 is 10.1 Å². The van der Waals surface area contributed by atoms with Gasteiger partial charge in [-0.05, 0) is 30.9 Å². The molecule has 0 aliphatic heterocycles. The van der Waals surface area contributed by atoms with E-state index in [0.29, 0.717) is 6.54 Å². The van der Waals surface area contributed by atoms with Crippen LogP contribution in [0.3, 0.4) is 0 Å². The van der Waals surface area contributed by atoms with Gasteiger partial charge in [-0.3, -0.25) is 4.79 Å². The summed E-state index contributed by atoms with van der Waals surface area (Å²) >= 11 is 0. The van der Waals surface area contributed by atoms with Crippen molar-refractivity contribution in [2.24, 2.45) is 0 Å². The second-order valence-electron chi connectivity index (χ2n) is 4.05. The number of carbonyl (C=O) groups excluding carboxylic acids is 2. The van der Waals surface area contributed by atoms with Crippen LogP contribution >= 0.6 is 0 Å². The molecule has 0 bridgehead atoms. The summed E-state index contributed by atoms with van der Waals surface area (Å²) in [5, 5.41) is 2.69. The third-order valence-electron chi connectivity index (χ3n) is 2.49. The van der Waals surface area contributed by atoms with Gasteiger partial charge in [0.05, 0.1) is 0 Å². The Labute approximate surface area is 113 Å². The molecule has 0 atom stereocenters. The lowest BCUT2D eigenvalue weighted by molar-refractivity contribution is -0.104. The van der Waals surface area contributed by atoms with E-state index in [-0.39, 0.29) is 6.61 Å². The Bertz CT molecular complexity index is 401. The minimum Gasteiger partial charge on any atom is -0.445 e. The maximum Gasteiger partial charge on any atom is 0.407 e. The molecule has 0 saturated carbocycles. The van der Waals surface area contributed by atoms with Crippen LogP contribution in [0.25, 0.3) is 0 Å². The summed E-state index contributed by atoms with van der Waals surface area (Å²) in [7, 11) is 0. The van der Waals surface area contributed by atoms with Crippen LogP contribution in [0.2, 0.25) is 0 Å². The topological polar surface area (TPSA) is 55.4 Å². The highest BCUT2D eigenvalue weighted by Gasteiger charge is 2.00. The normalized spacial score (nSPS) is 10.3. The average Bonchev–Trinajstić information content (AvgIpc) is 2.45. The SMILES string of the molecule is O=C/C=C\CCCCNC(=O)OCc1ccccc1. The first-order chi connectivity index (χ1) is 9.33. The van der Waals surface area contributed by atoms with Crippen molar-refractivity contribution in [3.05, 3.63) is 48.0 Å². The van der Waals surface area contributed by atoms with Gasteiger partial charge in [0.15, 0.2) is 0 Å². The number of alkyl carbamates (subject to hydrolysis) is 1. The van der Waals surface area contributed by atoms with Crippen LogP contribution < -0.4 is 5.32 Å². The lowest BCUT2D eigenvalue weighted by Crippen LogP contribution is -2.25. The van der Waals surface area contributed by atoms with Crippen molar-refractivity contribution in [3.63, 3.8) is 0 Å². The van der Waals surface area contributed by atoms with Gasteiger partial charge in [-0.25, -0.2) is 4.79 Å². The number of hydrogen-bond donors (Lipinski definition) is 1. The van der Waals surface area contributed by atoms with Gasteiger partial charge in [-0.2, -0.15) is 0 Å². The molecule has 0 saturated heterocycles. The Morgan fingerprint density at radius 1 is 1.21 bits per heavy atom. The molecule has 1 amide bonds. The van der Waals surface area contributed by atoms with Crippen LogP contribution in [-0.2, 0) is 16.1 Å². The molecule has 4 nitrogen and oxygen atoms in total. The molecule has 0 spiro atoms. The summed E-state index contributed by atoms with van der Waals surface area (Å²) in [5.41, 5.74) is 0.969. The molecule has 102 valence electrons. The minimum atomic E-state index is -0.396. The highest BCUT2D eigenvalue weighted by Crippen LogP contribution is 2.00. The second kappa shape index (κ2) is 9.88. The Morgan fingerprint density at radius 3 is 2.74 bits per heavy atom. The van der Waals surface area contributed by atoms with Gasteiger partial charge in [0.25, 0.3) is 0 Å². The number of hydrogen-bond acceptors (Lipinski definition) is 3. The van der Waals surface area contributed by atoms with Crippen LogP contribution in [-0.4, -0.2) is 18.9 Å². The van der Waals surface area contributed by atoms with Crippen molar-refractivity contribution in [2.75, 3.05) is 6.54 Å². The number of amides is 1. The lowest BCUT2D eigenvalue weighted by atomic mass is 10.2. The largest absolute Gasteiger partial charge is 0.445 e. The zero-order valence-corrected chi connectivity index (χ0v) is 10.9. The average molecular weight is 261 g/mol. The standard InChI is InChI=1S/C15H19NO3/c17-12-8-3-1-2-7-11-16-15(18)19-13-14-9-5-4-6-10-14/h3-6,8-10,12H,1-2,7,11,13H2,(H,16,18)/b8-3-. The number of ether oxygens (including phenoxy) is 1. The summed E-state index contributed by atoms with van der Waals surface area (Å²) in [6.07, 6.45) is 6.32. The molecular weight excluding hydrogens is 242 g/mol. The van der Waals surface area contributed by atoms with E-state index >= 15 is 0 Å². The fourth-order valence-electron chi connectivity index (χ4n) is 1.50. The molecule has 0 heterocycles. The highest BCUT2D eigenvalue weighted by molar-refractivity contribution is 5.67. The first kappa shape index (κ1) is 15.0. The second-order valence-corrected chi connectivity index (χ2v) is 4.05. The van der Waals surface area contributed by atoms with Crippen LogP contribution in [0.15, 0.2) is 42.5 Å². The maximum absolute atomic E-state index is 11.4. The van der Waals surface area contributed by atoms with E-state index < -0.39 is 6.09 Å². The molecule has 4 heteroatoms. The van der Waals surface area contributed by atoms with Gasteiger partial charge in [0.1, 0.15) is 12.9 Å². The molecule has 1 aromatic carbocycles. The monoisotopic (exact) mass is 261 g/mol. The van der Waals surface area contributed by atoms with Crippen LogP contribution in [0, 0.1) is 0 Å². The molecular formula is C15H19NO3. The first-order valence-electron chi connectivity index (χ1n) is 6.38. The Hall–Kier alpha value is -2.10. The van der Waals surface area contributed by atoms with E-state index in [0.717, 1.165) is 31.1 Å². The van der Waals surface area contributed by atoms with Gasteiger partial charge in [0, 0.05) is 6.54 Å². The first-order valence-corrected chi connectivity index (χ1v) is 6.38. The molecule has 19 heavy (non-hydrogen) atoms. The molecule has 0 aliphatic rings. The quantitative estimate of drug-likeness (QED) is 0.445. The minimum absolute atomic E-state index is 0.286. The Kier molecular flexibility index (Phi) is 7.78. The molecule has 0 unspecified atom stereocenters. The van der Waals surface area contributed by atoms with Gasteiger partial charge >= 0.3 is 6.09 Å². The van der Waals surface area contributed by atoms with Crippen LogP contribution in [0.4, 0.5) is 4.79 Å². The van der Waals surface area contributed by atoms with E-state index in [2.05, 4.69) is 5.32 Å². The molecule has 0 radical (unpaired) electrons. The van der Waals surface area contributed by atoms with Gasteiger partial charge in [0.2, 0.25) is 0 Å². The fraction of sp³-hybridized carbons (Fsp3) is 0.333. The predicted molar refractivity (Wildman–Crippen MR) is 73.7 cm³/mol. The summed E-state index contributed by atoms with van der Waals surface area (Å²) in [6, 6.07) is 9.55. The van der Waals surface area contributed by atoms with Crippen LogP contribution in [0.5, 0.6) is 0 Å². The van der Waals surface area contributed by atoms with Crippen molar-refractivity contribution < 1.29 is 14.3 Å². The van der Waals surface area contributed by atoms with Crippen molar-refractivity contribution in [3.8, 4) is 0 Å². The van der Waals surface area contributed by atoms with Crippen LogP contribution in [0.1, 0.15) is 24.8 Å². The van der Waals surface area contributed by atoms with E-state index in [1.54, 1.807) is 0 Å². The number of rotatable bonds is 8. The zero-order valence-electron chi connectivity index (χ0n) is 10.9. The number of nitrogens with one attached hydrogen (secondary N) is 1. The van der Waals surface area contributed by atoms with Crippen molar-refractivity contribution in [2.45, 2.75) is 25.9 Å². The summed E-state index contributed by atoms with van der Waals surface area (Å²) in [5.74, 6) is 0. The molecule has 1 N–H and O–H groups in total. The number of allylic oxidation sites excluding steroid dienone is 2. The van der Waals surface area contributed by atoms with Crippen molar-refractivity contribution in [1.29, 1.82) is 0 Å². The molecule has 0 fully saturated rings. The number of carbonyl (C=O) groups is 2. The smallest absolute Gasteiger partial charge is 0.407 e. The summed E-state index contributed by atoms with van der Waals surface area (Å²) in [6.45, 7) is 0.872. The van der Waals surface area contributed by atoms with E-state index in [1.807, 2.05) is 36.4 Å². The van der Waals surface area contributed by atoms with Crippen molar-refractivity contribution in [1.82, 2.24) is 5.32 Å². The number of benzene rings is 1. The summed E-state index contributed by atoms with van der Waals surface area (Å²) in [4.78, 5) is 21.4. The van der Waals surface area contributed by atoms with Crippen molar-refractivity contribution >= 4 is 12.4 Å². The lowest BCUT2D eigenvalue weighted by Gasteiger charge is -2.06. The predicted octanol–water partition coefficient (Wildman–Crippen LogP) is 2.84. The van der Waals surface area contributed by atoms with E-state index in [1.165, 1.54) is 6.08 Å². The number of unbranched alkanes of at least 4 members (excludes halogenated alkanes) is 2. The Balaban J connectivity index is 2.02. The molecule has 1 aromatic rings. The highest BCUT2D eigenvalue weighted by atomic mass is 16.5. The maximum atomic E-state index is 11.4. The Morgan fingerprint density at radius 2 is 2.00 bits per heavy atom. The fourth-order valence-corrected chi connectivity index (χ4v) is 1.50. The van der Waals surface area contributed by atoms with E-state index in [9.17, 15) is 9.59 Å². The number of aldehydes is 1. The van der Waals surface area contributed by atoms with E-state index in [4.69, 9.17) is 4.74 Å². The third-order valence-corrected chi connectivity index (χ3v) is 2.49. The zero-order chi connectivity index (χ0) is 13.8. The van der Waals surface area contributed by atoms with Gasteiger partial charge in [-0.1, -0.05) is 36.4 Å². The third kappa shape index (κ3) is 7.76. The summed E-state index contributed by atoms with van der Waals surface area (Å²) < 4.78 is 5.06. The molecule has 0 aliphatic carbocycles.